The number of aliphatic carboxylic acids is 1. The Balaban J connectivity index is 1.38. The molecule has 0 radical (unpaired) electrons. The number of carboxylic acids is 1. The zero-order chi connectivity index (χ0) is 27.9. The van der Waals surface area contributed by atoms with Crippen LogP contribution < -0.4 is 18.9 Å². The predicted octanol–water partition coefficient (Wildman–Crippen LogP) is 7.63. The molecule has 1 aromatic heterocycles. The van der Waals surface area contributed by atoms with E-state index in [4.69, 9.17) is 29.0 Å². The van der Waals surface area contributed by atoms with Crippen LogP contribution in [0.5, 0.6) is 28.7 Å². The van der Waals surface area contributed by atoms with E-state index < -0.39 is 12.6 Å². The number of para-hydroxylation sites is 1. The van der Waals surface area contributed by atoms with E-state index in [9.17, 15) is 4.79 Å². The molecule has 8 heteroatoms. The number of benzene rings is 4. The average Bonchev–Trinajstić information content (AvgIpc) is 3.41. The summed E-state index contributed by atoms with van der Waals surface area (Å²) in [7, 11) is 1.64. The predicted molar refractivity (Wildman–Crippen MR) is 155 cm³/mol. The molecule has 0 amide bonds. The van der Waals surface area contributed by atoms with Crippen LogP contribution in [0, 0.1) is 6.92 Å². The summed E-state index contributed by atoms with van der Waals surface area (Å²) in [4.78, 5) is 16.8. The highest BCUT2D eigenvalue weighted by molar-refractivity contribution is 7.15. The number of carboxylic acid groups (broad SMARTS) is 1. The monoisotopic (exact) mass is 553 g/mol. The molecule has 0 saturated heterocycles. The summed E-state index contributed by atoms with van der Waals surface area (Å²) in [6.07, 6.45) is 0. The fraction of sp³-hybridized carbons (Fsp3) is 0.125. The topological polar surface area (TPSA) is 87.1 Å². The summed E-state index contributed by atoms with van der Waals surface area (Å²) in [5.41, 5.74) is 3.64. The lowest BCUT2D eigenvalue weighted by Crippen LogP contribution is -2.10. The zero-order valence-electron chi connectivity index (χ0n) is 22.0. The summed E-state index contributed by atoms with van der Waals surface area (Å²) < 4.78 is 22.7. The molecule has 0 unspecified atom stereocenters. The third-order valence-corrected chi connectivity index (χ3v) is 7.07. The number of hydrogen-bond acceptors (Lipinski definition) is 7. The molecule has 1 heterocycles. The number of aryl methyl sites for hydroxylation is 1. The molecule has 0 aliphatic carbocycles. The van der Waals surface area contributed by atoms with E-state index in [-0.39, 0.29) is 6.61 Å². The molecule has 7 nitrogen and oxygen atoms in total. The van der Waals surface area contributed by atoms with Gasteiger partial charge in [-0.1, -0.05) is 18.2 Å². The van der Waals surface area contributed by atoms with Crippen molar-refractivity contribution in [3.8, 4) is 50.4 Å². The molecule has 1 N–H and O–H groups in total. The molecule has 0 fully saturated rings. The summed E-state index contributed by atoms with van der Waals surface area (Å²) in [5, 5.41) is 9.67. The van der Waals surface area contributed by atoms with E-state index >= 15 is 0 Å². The number of nitrogens with zero attached hydrogens (tertiary/aromatic N) is 1. The van der Waals surface area contributed by atoms with Gasteiger partial charge in [-0.2, -0.15) is 0 Å². The van der Waals surface area contributed by atoms with Gasteiger partial charge in [-0.15, -0.1) is 11.3 Å². The van der Waals surface area contributed by atoms with Gasteiger partial charge in [0.2, 0.25) is 0 Å². The summed E-state index contributed by atoms with van der Waals surface area (Å²) in [6, 6.07) is 30.8. The second-order valence-electron chi connectivity index (χ2n) is 8.85. The van der Waals surface area contributed by atoms with E-state index in [0.717, 1.165) is 49.5 Å². The number of ether oxygens (including phenoxy) is 4. The first-order chi connectivity index (χ1) is 19.5. The Morgan fingerprint density at radius 3 is 2.12 bits per heavy atom. The van der Waals surface area contributed by atoms with Crippen LogP contribution in [0.1, 0.15) is 10.6 Å². The van der Waals surface area contributed by atoms with Gasteiger partial charge in [0.1, 0.15) is 40.4 Å². The van der Waals surface area contributed by atoms with Gasteiger partial charge in [0.15, 0.2) is 6.61 Å². The number of thiazole rings is 1. The molecule has 0 spiro atoms. The van der Waals surface area contributed by atoms with Crippen molar-refractivity contribution >= 4 is 17.3 Å². The van der Waals surface area contributed by atoms with Crippen LogP contribution in [-0.2, 0) is 11.4 Å². The highest BCUT2D eigenvalue weighted by Gasteiger charge is 2.16. The number of aromatic nitrogens is 1. The van der Waals surface area contributed by atoms with Crippen LogP contribution in [0.3, 0.4) is 0 Å². The first kappa shape index (κ1) is 26.8. The number of rotatable bonds is 11. The minimum atomic E-state index is -1.02. The van der Waals surface area contributed by atoms with E-state index in [1.807, 2.05) is 91.9 Å². The molecule has 0 saturated carbocycles. The molecular weight excluding hydrogens is 526 g/mol. The number of carbonyl (C=O) groups is 1. The molecule has 5 rings (SSSR count). The van der Waals surface area contributed by atoms with Crippen molar-refractivity contribution in [2.45, 2.75) is 13.5 Å². The van der Waals surface area contributed by atoms with Crippen LogP contribution in [0.4, 0.5) is 0 Å². The third kappa shape index (κ3) is 6.59. The van der Waals surface area contributed by atoms with E-state index in [0.29, 0.717) is 11.5 Å². The van der Waals surface area contributed by atoms with Crippen molar-refractivity contribution in [3.63, 3.8) is 0 Å². The Morgan fingerprint density at radius 2 is 1.45 bits per heavy atom. The smallest absolute Gasteiger partial charge is 0.341 e. The van der Waals surface area contributed by atoms with Crippen molar-refractivity contribution < 1.29 is 28.8 Å². The Bertz CT molecular complexity index is 1580. The van der Waals surface area contributed by atoms with Crippen molar-refractivity contribution in [2.75, 3.05) is 13.7 Å². The van der Waals surface area contributed by atoms with Crippen LogP contribution in [0.2, 0.25) is 0 Å². The molecule has 4 aromatic carbocycles. The lowest BCUT2D eigenvalue weighted by atomic mass is 10.1. The van der Waals surface area contributed by atoms with E-state index in [1.54, 1.807) is 30.6 Å². The van der Waals surface area contributed by atoms with Crippen LogP contribution in [-0.4, -0.2) is 29.8 Å². The quantitative estimate of drug-likeness (QED) is 0.180. The molecular formula is C32H27NO6S. The normalized spacial score (nSPS) is 10.7. The second kappa shape index (κ2) is 12.4. The molecule has 0 atom stereocenters. The Hall–Kier alpha value is -4.82. The largest absolute Gasteiger partial charge is 0.497 e. The number of methoxy groups -OCH3 is 1. The second-order valence-corrected chi connectivity index (χ2v) is 9.94. The minimum absolute atomic E-state index is 0.276. The van der Waals surface area contributed by atoms with Gasteiger partial charge in [-0.3, -0.25) is 0 Å². The SMILES string of the molecule is COc1ccc(-c2nc(COc3ccc(OCC(=O)O)c(C)c3)sc2-c2ccc(Oc3ccccc3)cc2)cc1. The van der Waals surface area contributed by atoms with Gasteiger partial charge in [0, 0.05) is 5.56 Å². The van der Waals surface area contributed by atoms with Gasteiger partial charge in [-0.05, 0) is 96.9 Å². The molecule has 0 aliphatic heterocycles. The zero-order valence-corrected chi connectivity index (χ0v) is 22.8. The molecule has 0 bridgehead atoms. The minimum Gasteiger partial charge on any atom is -0.497 e. The molecule has 40 heavy (non-hydrogen) atoms. The Morgan fingerprint density at radius 1 is 0.800 bits per heavy atom. The van der Waals surface area contributed by atoms with Crippen molar-refractivity contribution in [2.24, 2.45) is 0 Å². The highest BCUT2D eigenvalue weighted by Crippen LogP contribution is 2.39. The van der Waals surface area contributed by atoms with Crippen LogP contribution >= 0.6 is 11.3 Å². The highest BCUT2D eigenvalue weighted by atomic mass is 32.1. The third-order valence-electron chi connectivity index (χ3n) is 5.99. The first-order valence-corrected chi connectivity index (χ1v) is 13.4. The van der Waals surface area contributed by atoms with Crippen LogP contribution in [0.25, 0.3) is 21.7 Å². The Labute approximate surface area is 236 Å². The van der Waals surface area contributed by atoms with Crippen LogP contribution in [0.15, 0.2) is 97.1 Å². The van der Waals surface area contributed by atoms with Gasteiger partial charge in [-0.25, -0.2) is 9.78 Å². The van der Waals surface area contributed by atoms with E-state index in [2.05, 4.69) is 0 Å². The number of hydrogen-bond donors (Lipinski definition) is 1. The fourth-order valence-electron chi connectivity index (χ4n) is 4.02. The standard InChI is InChI=1S/C32H27NO6S/c1-21-18-27(16-17-28(21)38-20-30(34)35)37-19-29-33-31(22-8-12-24(36-2)13-9-22)32(40-29)23-10-14-26(15-11-23)39-25-6-4-3-5-7-25/h3-18H,19-20H2,1-2H3,(H,34,35). The van der Waals surface area contributed by atoms with Gasteiger partial charge in [0.05, 0.1) is 17.7 Å². The fourth-order valence-corrected chi connectivity index (χ4v) is 5.03. The maximum atomic E-state index is 10.8. The van der Waals surface area contributed by atoms with Gasteiger partial charge < -0.3 is 24.1 Å². The van der Waals surface area contributed by atoms with Crippen molar-refractivity contribution in [3.05, 3.63) is 108 Å². The van der Waals surface area contributed by atoms with Gasteiger partial charge >= 0.3 is 5.97 Å². The average molecular weight is 554 g/mol. The summed E-state index contributed by atoms with van der Waals surface area (Å²) >= 11 is 1.57. The van der Waals surface area contributed by atoms with Crippen molar-refractivity contribution in [1.29, 1.82) is 0 Å². The maximum absolute atomic E-state index is 10.8. The summed E-state index contributed by atoms with van der Waals surface area (Å²) in [5.74, 6) is 2.43. The maximum Gasteiger partial charge on any atom is 0.341 e. The lowest BCUT2D eigenvalue weighted by Gasteiger charge is -2.09. The van der Waals surface area contributed by atoms with Crippen molar-refractivity contribution in [1.82, 2.24) is 4.98 Å². The lowest BCUT2D eigenvalue weighted by molar-refractivity contribution is -0.139. The van der Waals surface area contributed by atoms with Gasteiger partial charge in [0.25, 0.3) is 0 Å². The van der Waals surface area contributed by atoms with E-state index in [1.165, 1.54) is 0 Å². The molecule has 202 valence electrons. The Kier molecular flexibility index (Phi) is 8.27. The summed E-state index contributed by atoms with van der Waals surface area (Å²) in [6.45, 7) is 1.73. The first-order valence-electron chi connectivity index (χ1n) is 12.5. The molecule has 0 aliphatic rings. The molecule has 5 aromatic rings.